The van der Waals surface area contributed by atoms with Crippen LogP contribution in [0.25, 0.3) is 0 Å². The Morgan fingerprint density at radius 1 is 0.392 bits per heavy atom. The number of nitrogens with zero attached hydrogens (tertiary/aromatic N) is 1. The Bertz CT molecular complexity index is 1660. The molecule has 0 aromatic carbocycles. The summed E-state index contributed by atoms with van der Waals surface area (Å²) in [6.07, 6.45) is 80.3. The Labute approximate surface area is 485 Å². The Morgan fingerprint density at radius 2 is 0.722 bits per heavy atom. The molecule has 2 atom stereocenters. The molecule has 0 aliphatic carbocycles. The van der Waals surface area contributed by atoms with Gasteiger partial charge in [-0.05, 0) is 103 Å². The fourth-order valence-electron chi connectivity index (χ4n) is 8.61. The second-order valence-corrected chi connectivity index (χ2v) is 22.3. The SMILES string of the molecule is CC/C=C\C/C=C\C/C=C\C/C=C\C/C=C\C/C=C\CCCCCCCCC(=O)OC(COC(=O)CCCCCCCCCCCCCCCC/C=C\C/C=C\C/C=C\CCCCCCC)COC(OCC[N+](C)(C)C)C(=O)O. The number of allylic oxidation sites excluding steroid dienone is 18. The van der Waals surface area contributed by atoms with E-state index >= 15 is 0 Å². The molecule has 9 heteroatoms. The van der Waals surface area contributed by atoms with Gasteiger partial charge in [-0.3, -0.25) is 9.59 Å². The highest BCUT2D eigenvalue weighted by Crippen LogP contribution is 2.16. The van der Waals surface area contributed by atoms with Gasteiger partial charge in [0.1, 0.15) is 13.2 Å². The average molecular weight is 1100 g/mol. The summed E-state index contributed by atoms with van der Waals surface area (Å²) in [5, 5.41) is 9.73. The van der Waals surface area contributed by atoms with Crippen molar-refractivity contribution in [3.05, 3.63) is 109 Å². The molecule has 0 aliphatic heterocycles. The van der Waals surface area contributed by atoms with Crippen LogP contribution in [-0.2, 0) is 33.3 Å². The van der Waals surface area contributed by atoms with E-state index in [-0.39, 0.29) is 32.2 Å². The summed E-state index contributed by atoms with van der Waals surface area (Å²) < 4.78 is 22.9. The van der Waals surface area contributed by atoms with Crippen LogP contribution in [0.2, 0.25) is 0 Å². The van der Waals surface area contributed by atoms with Crippen molar-refractivity contribution >= 4 is 17.9 Å². The number of carboxylic acids is 1. The van der Waals surface area contributed by atoms with Crippen molar-refractivity contribution in [2.45, 2.75) is 270 Å². The number of esters is 2. The van der Waals surface area contributed by atoms with Crippen LogP contribution in [-0.4, -0.2) is 87.4 Å². The molecular weight excluding hydrogens is 983 g/mol. The molecule has 0 fully saturated rings. The predicted molar refractivity (Wildman–Crippen MR) is 336 cm³/mol. The minimum absolute atomic E-state index is 0.179. The van der Waals surface area contributed by atoms with Gasteiger partial charge in [-0.1, -0.05) is 252 Å². The molecule has 0 saturated heterocycles. The molecule has 1 N–H and O–H groups in total. The fourth-order valence-corrected chi connectivity index (χ4v) is 8.61. The lowest BCUT2D eigenvalue weighted by Gasteiger charge is -2.25. The summed E-state index contributed by atoms with van der Waals surface area (Å²) in [7, 11) is 5.96. The van der Waals surface area contributed by atoms with Crippen LogP contribution >= 0.6 is 0 Å². The highest BCUT2D eigenvalue weighted by atomic mass is 16.7. The number of likely N-dealkylation sites (N-methyl/N-ethyl adjacent to an activating group) is 1. The molecule has 0 aliphatic rings. The fraction of sp³-hybridized carbons (Fsp3) is 0.700. The monoisotopic (exact) mass is 1100 g/mol. The van der Waals surface area contributed by atoms with Crippen LogP contribution in [0.3, 0.4) is 0 Å². The van der Waals surface area contributed by atoms with Crippen LogP contribution in [0.4, 0.5) is 0 Å². The smallest absolute Gasteiger partial charge is 0.361 e. The standard InChI is InChI=1S/C70H119NO8/c1-6-8-10-12-14-16-18-20-22-24-26-28-30-32-33-34-35-37-38-40-42-44-46-48-50-52-54-56-58-60-67(72)77-64-66(65-78-70(69(74)75)76-63-62-71(3,4)5)79-68(73)61-59-57-55-53-51-49-47-45-43-41-39-36-31-29-27-25-23-21-19-17-15-13-11-9-7-2/h9,11,15,17-18,20-21,23-24,26-27,29-30,32,36,39,43,45,66,70H,6-8,10,12-14,16,19,22,25,28,31,33-35,37-38,40-42,44,46-65H2,1-5H3/p+1/b11-9-,17-15-,20-18-,23-21-,26-24-,29-27-,32-30-,39-36-,45-43-. The molecule has 0 aromatic heterocycles. The van der Waals surface area contributed by atoms with Crippen LogP contribution in [0.5, 0.6) is 0 Å². The predicted octanol–water partition coefficient (Wildman–Crippen LogP) is 19.5. The largest absolute Gasteiger partial charge is 0.477 e. The van der Waals surface area contributed by atoms with Crippen LogP contribution < -0.4 is 0 Å². The summed E-state index contributed by atoms with van der Waals surface area (Å²) in [5.41, 5.74) is 0. The Morgan fingerprint density at radius 3 is 1.08 bits per heavy atom. The first-order valence-electron chi connectivity index (χ1n) is 32.1. The Balaban J connectivity index is 4.23. The van der Waals surface area contributed by atoms with Crippen LogP contribution in [0.1, 0.15) is 258 Å². The topological polar surface area (TPSA) is 108 Å². The lowest BCUT2D eigenvalue weighted by atomic mass is 10.0. The van der Waals surface area contributed by atoms with Crippen molar-refractivity contribution in [1.82, 2.24) is 0 Å². The summed E-state index contributed by atoms with van der Waals surface area (Å²) in [6, 6.07) is 0. The van der Waals surface area contributed by atoms with Crippen molar-refractivity contribution in [2.24, 2.45) is 0 Å². The van der Waals surface area contributed by atoms with Crippen molar-refractivity contribution < 1.29 is 42.9 Å². The first kappa shape index (κ1) is 75.0. The van der Waals surface area contributed by atoms with Crippen LogP contribution in [0.15, 0.2) is 109 Å². The lowest BCUT2D eigenvalue weighted by Crippen LogP contribution is -2.40. The number of rotatable bonds is 58. The average Bonchev–Trinajstić information content (AvgIpc) is 3.42. The van der Waals surface area contributed by atoms with Gasteiger partial charge in [0.15, 0.2) is 6.10 Å². The number of unbranched alkanes of at least 4 members (excludes halogenated alkanes) is 25. The number of carbonyl (C=O) groups excluding carboxylic acids is 2. The molecule has 9 nitrogen and oxygen atoms in total. The maximum atomic E-state index is 12.9. The number of ether oxygens (including phenoxy) is 4. The van der Waals surface area contributed by atoms with Gasteiger partial charge < -0.3 is 28.5 Å². The molecule has 0 saturated carbocycles. The van der Waals surface area contributed by atoms with Gasteiger partial charge in [0.25, 0.3) is 6.29 Å². The quantitative estimate of drug-likeness (QED) is 0.0211. The number of hydrogen-bond donors (Lipinski definition) is 1. The minimum atomic E-state index is -1.52. The molecule has 0 aromatic rings. The van der Waals surface area contributed by atoms with Gasteiger partial charge in [0.2, 0.25) is 0 Å². The Hall–Kier alpha value is -4.05. The van der Waals surface area contributed by atoms with E-state index in [0.717, 1.165) is 109 Å². The normalized spacial score (nSPS) is 13.5. The maximum absolute atomic E-state index is 12.9. The summed E-state index contributed by atoms with van der Waals surface area (Å²) in [5.74, 6) is -2.03. The molecular formula is C70H120NO8+. The minimum Gasteiger partial charge on any atom is -0.477 e. The van der Waals surface area contributed by atoms with Crippen molar-refractivity contribution in [3.63, 3.8) is 0 Å². The lowest BCUT2D eigenvalue weighted by molar-refractivity contribution is -0.870. The molecule has 0 bridgehead atoms. The maximum Gasteiger partial charge on any atom is 0.361 e. The second-order valence-electron chi connectivity index (χ2n) is 22.3. The van der Waals surface area contributed by atoms with Gasteiger partial charge >= 0.3 is 17.9 Å². The van der Waals surface area contributed by atoms with E-state index in [1.165, 1.54) is 116 Å². The molecule has 452 valence electrons. The molecule has 0 amide bonds. The van der Waals surface area contributed by atoms with E-state index in [0.29, 0.717) is 23.9 Å². The second kappa shape index (κ2) is 60.1. The van der Waals surface area contributed by atoms with Crippen molar-refractivity contribution in [3.8, 4) is 0 Å². The first-order chi connectivity index (χ1) is 38.6. The number of aliphatic carboxylic acids is 1. The number of quaternary nitrogens is 1. The highest BCUT2D eigenvalue weighted by Gasteiger charge is 2.25. The number of hydrogen-bond acceptors (Lipinski definition) is 7. The van der Waals surface area contributed by atoms with E-state index in [1.54, 1.807) is 0 Å². The van der Waals surface area contributed by atoms with Crippen molar-refractivity contribution in [2.75, 3.05) is 47.5 Å². The van der Waals surface area contributed by atoms with Gasteiger partial charge in [0, 0.05) is 12.8 Å². The summed E-state index contributed by atoms with van der Waals surface area (Å²) >= 11 is 0. The zero-order chi connectivity index (χ0) is 57.6. The van der Waals surface area contributed by atoms with Crippen LogP contribution in [0, 0.1) is 0 Å². The van der Waals surface area contributed by atoms with Crippen molar-refractivity contribution in [1.29, 1.82) is 0 Å². The highest BCUT2D eigenvalue weighted by molar-refractivity contribution is 5.71. The first-order valence-corrected chi connectivity index (χ1v) is 32.1. The zero-order valence-corrected chi connectivity index (χ0v) is 51.5. The third kappa shape index (κ3) is 61.4. The van der Waals surface area contributed by atoms with E-state index < -0.39 is 24.3 Å². The molecule has 2 unspecified atom stereocenters. The molecule has 0 spiro atoms. The third-order valence-corrected chi connectivity index (χ3v) is 13.5. The summed E-state index contributed by atoms with van der Waals surface area (Å²) in [6.45, 7) is 4.74. The van der Waals surface area contributed by atoms with Gasteiger partial charge in [0.05, 0.1) is 34.4 Å². The van der Waals surface area contributed by atoms with Gasteiger partial charge in [-0.25, -0.2) is 4.79 Å². The van der Waals surface area contributed by atoms with E-state index in [9.17, 15) is 19.5 Å². The van der Waals surface area contributed by atoms with E-state index in [2.05, 4.69) is 123 Å². The summed E-state index contributed by atoms with van der Waals surface area (Å²) in [4.78, 5) is 37.5. The number of carbonyl (C=O) groups is 3. The van der Waals surface area contributed by atoms with E-state index in [4.69, 9.17) is 18.9 Å². The molecule has 0 heterocycles. The van der Waals surface area contributed by atoms with Gasteiger partial charge in [-0.2, -0.15) is 0 Å². The Kier molecular flexibility index (Phi) is 57.0. The molecule has 0 rings (SSSR count). The molecule has 79 heavy (non-hydrogen) atoms. The molecule has 0 radical (unpaired) electrons. The zero-order valence-electron chi connectivity index (χ0n) is 51.5. The third-order valence-electron chi connectivity index (χ3n) is 13.5. The van der Waals surface area contributed by atoms with E-state index in [1.807, 2.05) is 21.1 Å². The number of carboxylic acid groups (broad SMARTS) is 1. The van der Waals surface area contributed by atoms with Gasteiger partial charge in [-0.15, -0.1) is 0 Å².